The predicted molar refractivity (Wildman–Crippen MR) is 45.1 cm³/mol. The van der Waals surface area contributed by atoms with Crippen molar-refractivity contribution in [2.75, 3.05) is 20.2 Å². The summed E-state index contributed by atoms with van der Waals surface area (Å²) in [7, 11) is -1.86. The van der Waals surface area contributed by atoms with Gasteiger partial charge in [-0.1, -0.05) is 0 Å². The van der Waals surface area contributed by atoms with Crippen LogP contribution in [0.4, 0.5) is 0 Å². The first-order valence-corrected chi connectivity index (χ1v) is 5.23. The SMILES string of the molecule is CC(=O)OCC1CN(C)S(=O)(=O)N1. The van der Waals surface area contributed by atoms with Gasteiger partial charge in [-0.2, -0.15) is 17.4 Å². The number of nitrogens with zero attached hydrogens (tertiary/aromatic N) is 1. The summed E-state index contributed by atoms with van der Waals surface area (Å²) in [5, 5.41) is 0. The monoisotopic (exact) mass is 208 g/mol. The highest BCUT2D eigenvalue weighted by Crippen LogP contribution is 2.07. The summed E-state index contributed by atoms with van der Waals surface area (Å²) in [5.74, 6) is -0.409. The molecule has 0 aliphatic carbocycles. The van der Waals surface area contributed by atoms with Gasteiger partial charge in [0.1, 0.15) is 6.61 Å². The van der Waals surface area contributed by atoms with E-state index >= 15 is 0 Å². The van der Waals surface area contributed by atoms with Gasteiger partial charge < -0.3 is 4.74 Å². The molecule has 0 amide bonds. The van der Waals surface area contributed by atoms with Crippen LogP contribution in [-0.2, 0) is 19.7 Å². The third-order valence-corrected chi connectivity index (χ3v) is 3.29. The minimum absolute atomic E-state index is 0.0822. The van der Waals surface area contributed by atoms with E-state index in [1.165, 1.54) is 18.3 Å². The Hall–Kier alpha value is -0.660. The number of ether oxygens (including phenoxy) is 1. The predicted octanol–water partition coefficient (Wildman–Crippen LogP) is -1.30. The fourth-order valence-electron chi connectivity index (χ4n) is 1.05. The first-order chi connectivity index (χ1) is 5.92. The Balaban J connectivity index is 2.46. The van der Waals surface area contributed by atoms with Crippen molar-refractivity contribution in [2.24, 2.45) is 0 Å². The van der Waals surface area contributed by atoms with Gasteiger partial charge >= 0.3 is 5.97 Å². The van der Waals surface area contributed by atoms with Crippen LogP contribution in [0.25, 0.3) is 0 Å². The van der Waals surface area contributed by atoms with E-state index in [4.69, 9.17) is 0 Å². The van der Waals surface area contributed by atoms with Crippen molar-refractivity contribution < 1.29 is 17.9 Å². The summed E-state index contributed by atoms with van der Waals surface area (Å²) in [6.07, 6.45) is 0. The smallest absolute Gasteiger partial charge is 0.302 e. The van der Waals surface area contributed by atoms with Crippen molar-refractivity contribution in [3.8, 4) is 0 Å². The van der Waals surface area contributed by atoms with Crippen LogP contribution in [0.3, 0.4) is 0 Å². The number of likely N-dealkylation sites (N-methyl/N-ethyl adjacent to an activating group) is 1. The van der Waals surface area contributed by atoms with Crippen molar-refractivity contribution in [3.05, 3.63) is 0 Å². The summed E-state index contributed by atoms with van der Waals surface area (Å²) in [4.78, 5) is 10.4. The molecule has 1 rings (SSSR count). The molecule has 1 unspecified atom stereocenters. The molecule has 1 aliphatic heterocycles. The number of hydrogen-bond donors (Lipinski definition) is 1. The van der Waals surface area contributed by atoms with Crippen molar-refractivity contribution in [1.29, 1.82) is 0 Å². The van der Waals surface area contributed by atoms with Gasteiger partial charge in [0.25, 0.3) is 10.2 Å². The Morgan fingerprint density at radius 1 is 1.69 bits per heavy atom. The fourth-order valence-corrected chi connectivity index (χ4v) is 2.17. The zero-order valence-corrected chi connectivity index (χ0v) is 8.30. The molecule has 6 nitrogen and oxygen atoms in total. The standard InChI is InChI=1S/C6H12N2O4S/c1-5(9)12-4-6-3-8(2)13(10,11)7-6/h6-7H,3-4H2,1-2H3. The first-order valence-electron chi connectivity index (χ1n) is 3.79. The number of carbonyl (C=O) groups excluding carboxylic acids is 1. The maximum absolute atomic E-state index is 11.1. The molecule has 7 heteroatoms. The van der Waals surface area contributed by atoms with Crippen LogP contribution in [0.1, 0.15) is 6.92 Å². The van der Waals surface area contributed by atoms with E-state index in [1.807, 2.05) is 0 Å². The van der Waals surface area contributed by atoms with Gasteiger partial charge in [0.05, 0.1) is 6.04 Å². The van der Waals surface area contributed by atoms with Crippen LogP contribution in [0.15, 0.2) is 0 Å². The second-order valence-electron chi connectivity index (χ2n) is 2.90. The topological polar surface area (TPSA) is 75.7 Å². The Kier molecular flexibility index (Phi) is 2.89. The quantitative estimate of drug-likeness (QED) is 0.572. The maximum Gasteiger partial charge on any atom is 0.302 e. The van der Waals surface area contributed by atoms with E-state index in [-0.39, 0.29) is 12.6 Å². The highest BCUT2D eigenvalue weighted by molar-refractivity contribution is 7.87. The summed E-state index contributed by atoms with van der Waals surface area (Å²) in [6.45, 7) is 1.70. The number of nitrogens with one attached hydrogen (secondary N) is 1. The van der Waals surface area contributed by atoms with Crippen LogP contribution in [0.5, 0.6) is 0 Å². The number of rotatable bonds is 2. The lowest BCUT2D eigenvalue weighted by Gasteiger charge is -2.06. The van der Waals surface area contributed by atoms with Crippen LogP contribution >= 0.6 is 0 Å². The van der Waals surface area contributed by atoms with E-state index in [0.717, 1.165) is 0 Å². The lowest BCUT2D eigenvalue weighted by molar-refractivity contribution is -0.141. The molecular weight excluding hydrogens is 196 g/mol. The molecule has 0 radical (unpaired) electrons. The first kappa shape index (κ1) is 10.4. The van der Waals surface area contributed by atoms with Crippen molar-refractivity contribution in [2.45, 2.75) is 13.0 Å². The second-order valence-corrected chi connectivity index (χ2v) is 4.71. The molecule has 0 aromatic carbocycles. The zero-order chi connectivity index (χ0) is 10.1. The van der Waals surface area contributed by atoms with Crippen molar-refractivity contribution in [3.63, 3.8) is 0 Å². The second kappa shape index (κ2) is 3.60. The Labute approximate surface area is 77.0 Å². The number of esters is 1. The molecule has 0 bridgehead atoms. The van der Waals surface area contributed by atoms with E-state index in [0.29, 0.717) is 6.54 Å². The lowest BCUT2D eigenvalue weighted by atomic mass is 10.3. The van der Waals surface area contributed by atoms with Crippen LogP contribution in [0.2, 0.25) is 0 Å². The van der Waals surface area contributed by atoms with E-state index in [2.05, 4.69) is 9.46 Å². The molecule has 76 valence electrons. The van der Waals surface area contributed by atoms with Gasteiger partial charge in [-0.05, 0) is 0 Å². The van der Waals surface area contributed by atoms with Crippen LogP contribution in [-0.4, -0.2) is 44.9 Å². The zero-order valence-electron chi connectivity index (χ0n) is 7.48. The van der Waals surface area contributed by atoms with E-state index < -0.39 is 16.2 Å². The lowest BCUT2D eigenvalue weighted by Crippen LogP contribution is -2.32. The van der Waals surface area contributed by atoms with Crippen LogP contribution in [0, 0.1) is 0 Å². The molecule has 0 aromatic rings. The molecule has 0 spiro atoms. The molecule has 1 N–H and O–H groups in total. The molecule has 1 saturated heterocycles. The minimum Gasteiger partial charge on any atom is -0.464 e. The molecule has 1 fully saturated rings. The molecular formula is C6H12N2O4S. The minimum atomic E-state index is -3.33. The van der Waals surface area contributed by atoms with E-state index in [1.54, 1.807) is 0 Å². The highest BCUT2D eigenvalue weighted by atomic mass is 32.2. The summed E-state index contributed by atoms with van der Waals surface area (Å²) in [5.41, 5.74) is 0. The molecule has 0 aromatic heterocycles. The van der Waals surface area contributed by atoms with Crippen molar-refractivity contribution in [1.82, 2.24) is 9.03 Å². The molecule has 0 saturated carbocycles. The molecule has 1 aliphatic rings. The van der Waals surface area contributed by atoms with Crippen LogP contribution < -0.4 is 4.72 Å². The Morgan fingerprint density at radius 2 is 2.31 bits per heavy atom. The largest absolute Gasteiger partial charge is 0.464 e. The Morgan fingerprint density at radius 3 is 2.69 bits per heavy atom. The molecule has 13 heavy (non-hydrogen) atoms. The average molecular weight is 208 g/mol. The van der Waals surface area contributed by atoms with Gasteiger partial charge in [-0.25, -0.2) is 0 Å². The van der Waals surface area contributed by atoms with Gasteiger partial charge in [-0.15, -0.1) is 0 Å². The van der Waals surface area contributed by atoms with Gasteiger partial charge in [-0.3, -0.25) is 4.79 Å². The third-order valence-electron chi connectivity index (χ3n) is 1.69. The number of hydrogen-bond acceptors (Lipinski definition) is 4. The summed E-state index contributed by atoms with van der Waals surface area (Å²) >= 11 is 0. The van der Waals surface area contributed by atoms with Gasteiger partial charge in [0.15, 0.2) is 0 Å². The highest BCUT2D eigenvalue weighted by Gasteiger charge is 2.32. The Bertz CT molecular complexity index is 300. The average Bonchev–Trinajstić information content (AvgIpc) is 2.22. The summed E-state index contributed by atoms with van der Waals surface area (Å²) < 4.78 is 30.4. The molecule has 1 heterocycles. The fraction of sp³-hybridized carbons (Fsp3) is 0.833. The maximum atomic E-state index is 11.1. The van der Waals surface area contributed by atoms with Gasteiger partial charge in [0.2, 0.25) is 0 Å². The van der Waals surface area contributed by atoms with Gasteiger partial charge in [0, 0.05) is 20.5 Å². The van der Waals surface area contributed by atoms with Crippen molar-refractivity contribution >= 4 is 16.2 Å². The molecule has 1 atom stereocenters. The van der Waals surface area contributed by atoms with E-state index in [9.17, 15) is 13.2 Å². The summed E-state index contributed by atoms with van der Waals surface area (Å²) in [6, 6.07) is -0.334. The number of carbonyl (C=O) groups is 1. The third kappa shape index (κ3) is 2.64. The normalized spacial score (nSPS) is 27.4.